The van der Waals surface area contributed by atoms with Crippen LogP contribution in [-0.4, -0.2) is 15.0 Å². The van der Waals surface area contributed by atoms with Crippen molar-refractivity contribution in [3.63, 3.8) is 0 Å². The predicted octanol–water partition coefficient (Wildman–Crippen LogP) is 2.64. The summed E-state index contributed by atoms with van der Waals surface area (Å²) in [6.07, 6.45) is 8.95. The van der Waals surface area contributed by atoms with Crippen LogP contribution in [0.3, 0.4) is 0 Å². The van der Waals surface area contributed by atoms with Gasteiger partial charge in [0.25, 0.3) is 0 Å². The molecule has 0 saturated heterocycles. The van der Waals surface area contributed by atoms with E-state index in [2.05, 4.69) is 30.1 Å². The van der Waals surface area contributed by atoms with Crippen LogP contribution in [0.2, 0.25) is 0 Å². The van der Waals surface area contributed by atoms with Crippen molar-refractivity contribution in [3.8, 4) is 0 Å². The topological polar surface area (TPSA) is 30.7 Å². The average molecular weight is 189 g/mol. The molecule has 0 aromatic carbocycles. The van der Waals surface area contributed by atoms with E-state index in [1.807, 2.05) is 0 Å². The van der Waals surface area contributed by atoms with Crippen molar-refractivity contribution in [3.05, 3.63) is 29.6 Å². The molecule has 0 unspecified atom stereocenters. The second kappa shape index (κ2) is 3.78. The van der Waals surface area contributed by atoms with Gasteiger partial charge < -0.3 is 0 Å². The third-order valence-corrected chi connectivity index (χ3v) is 2.59. The first-order valence-corrected chi connectivity index (χ1v) is 5.07. The minimum atomic E-state index is 1.05. The maximum atomic E-state index is 4.18. The van der Waals surface area contributed by atoms with Crippen LogP contribution in [0.25, 0.3) is 5.70 Å². The third-order valence-electron chi connectivity index (χ3n) is 2.59. The van der Waals surface area contributed by atoms with Gasteiger partial charge in [0.2, 0.25) is 0 Å². The SMILES string of the molecule is CCC1=C(n2nccn2)CCC(C)=C1. The molecule has 0 bridgehead atoms. The van der Waals surface area contributed by atoms with Gasteiger partial charge in [0, 0.05) is 0 Å². The molecule has 1 aromatic rings. The molecule has 1 aliphatic rings. The Hall–Kier alpha value is -1.38. The summed E-state index contributed by atoms with van der Waals surface area (Å²) >= 11 is 0. The largest absolute Gasteiger partial charge is 0.157 e. The highest BCUT2D eigenvalue weighted by molar-refractivity contribution is 5.56. The minimum absolute atomic E-state index is 1.05. The molecule has 74 valence electrons. The Bertz CT molecular complexity index is 371. The molecule has 0 amide bonds. The van der Waals surface area contributed by atoms with Crippen LogP contribution in [0.5, 0.6) is 0 Å². The van der Waals surface area contributed by atoms with Crippen molar-refractivity contribution >= 4 is 5.70 Å². The van der Waals surface area contributed by atoms with Crippen molar-refractivity contribution in [2.75, 3.05) is 0 Å². The molecule has 0 spiro atoms. The van der Waals surface area contributed by atoms with E-state index in [0.29, 0.717) is 0 Å². The van der Waals surface area contributed by atoms with Crippen LogP contribution in [0.4, 0.5) is 0 Å². The Morgan fingerprint density at radius 3 is 2.64 bits per heavy atom. The molecule has 2 rings (SSSR count). The van der Waals surface area contributed by atoms with Gasteiger partial charge in [-0.15, -0.1) is 0 Å². The third kappa shape index (κ3) is 1.62. The van der Waals surface area contributed by atoms with E-state index in [0.717, 1.165) is 19.3 Å². The highest BCUT2D eigenvalue weighted by Gasteiger charge is 2.12. The fourth-order valence-corrected chi connectivity index (χ4v) is 1.82. The summed E-state index contributed by atoms with van der Waals surface area (Å²) in [6, 6.07) is 0. The molecule has 3 nitrogen and oxygen atoms in total. The Morgan fingerprint density at radius 2 is 2.00 bits per heavy atom. The molecule has 0 radical (unpaired) electrons. The molecule has 3 heteroatoms. The van der Waals surface area contributed by atoms with Crippen LogP contribution in [0, 0.1) is 0 Å². The van der Waals surface area contributed by atoms with E-state index in [-0.39, 0.29) is 0 Å². The summed E-state index contributed by atoms with van der Waals surface area (Å²) < 4.78 is 0. The zero-order chi connectivity index (χ0) is 9.97. The van der Waals surface area contributed by atoms with Crippen LogP contribution in [0.1, 0.15) is 33.1 Å². The monoisotopic (exact) mass is 189 g/mol. The Morgan fingerprint density at radius 1 is 1.29 bits per heavy atom. The van der Waals surface area contributed by atoms with Gasteiger partial charge in [0.1, 0.15) is 0 Å². The zero-order valence-corrected chi connectivity index (χ0v) is 8.70. The second-order valence-electron chi connectivity index (χ2n) is 3.63. The number of rotatable bonds is 2. The van der Waals surface area contributed by atoms with Crippen LogP contribution in [-0.2, 0) is 0 Å². The van der Waals surface area contributed by atoms with Gasteiger partial charge in [-0.1, -0.05) is 18.6 Å². The highest BCUT2D eigenvalue weighted by Crippen LogP contribution is 2.27. The summed E-state index contributed by atoms with van der Waals surface area (Å²) in [4.78, 5) is 1.75. The van der Waals surface area contributed by atoms with Gasteiger partial charge in [-0.25, -0.2) is 0 Å². The lowest BCUT2D eigenvalue weighted by molar-refractivity contribution is 0.717. The lowest BCUT2D eigenvalue weighted by Gasteiger charge is -2.16. The molecule has 0 atom stereocenters. The average Bonchev–Trinajstić information content (AvgIpc) is 2.70. The molecule has 0 aliphatic heterocycles. The second-order valence-corrected chi connectivity index (χ2v) is 3.63. The maximum absolute atomic E-state index is 4.18. The van der Waals surface area contributed by atoms with Gasteiger partial charge in [-0.2, -0.15) is 15.0 Å². The fraction of sp³-hybridized carbons (Fsp3) is 0.455. The molecule has 1 aliphatic carbocycles. The Balaban J connectivity index is 2.41. The smallest absolute Gasteiger partial charge is 0.0697 e. The normalized spacial score (nSPS) is 17.1. The first kappa shape index (κ1) is 9.19. The Labute approximate surface area is 84.1 Å². The standard InChI is InChI=1S/C11H15N3/c1-3-10-8-9(2)4-5-11(10)14-12-6-7-13-14/h6-8H,3-5H2,1-2H3. The summed E-state index contributed by atoms with van der Waals surface area (Å²) in [7, 11) is 0. The van der Waals surface area contributed by atoms with Crippen LogP contribution in [0.15, 0.2) is 29.6 Å². The molecule has 0 fully saturated rings. The fourth-order valence-electron chi connectivity index (χ4n) is 1.82. The maximum Gasteiger partial charge on any atom is 0.0697 e. The minimum Gasteiger partial charge on any atom is -0.157 e. The van der Waals surface area contributed by atoms with E-state index in [4.69, 9.17) is 0 Å². The van der Waals surface area contributed by atoms with Gasteiger partial charge >= 0.3 is 0 Å². The number of nitrogens with zero attached hydrogens (tertiary/aromatic N) is 3. The van der Waals surface area contributed by atoms with Crippen molar-refractivity contribution in [1.82, 2.24) is 15.0 Å². The first-order valence-electron chi connectivity index (χ1n) is 5.07. The molecule has 0 N–H and O–H groups in total. The highest BCUT2D eigenvalue weighted by atomic mass is 15.5. The van der Waals surface area contributed by atoms with Gasteiger partial charge in [-0.05, 0) is 31.8 Å². The summed E-state index contributed by atoms with van der Waals surface area (Å²) in [6.45, 7) is 4.36. The van der Waals surface area contributed by atoms with Gasteiger partial charge in [-0.3, -0.25) is 0 Å². The number of allylic oxidation sites excluding steroid dienone is 4. The predicted molar refractivity (Wildman–Crippen MR) is 56.5 cm³/mol. The zero-order valence-electron chi connectivity index (χ0n) is 8.70. The van der Waals surface area contributed by atoms with Crippen LogP contribution >= 0.6 is 0 Å². The van der Waals surface area contributed by atoms with Crippen molar-refractivity contribution in [2.45, 2.75) is 33.1 Å². The van der Waals surface area contributed by atoms with Crippen molar-refractivity contribution in [2.24, 2.45) is 0 Å². The summed E-state index contributed by atoms with van der Waals surface area (Å²) in [5.74, 6) is 0. The van der Waals surface area contributed by atoms with Crippen molar-refractivity contribution < 1.29 is 0 Å². The van der Waals surface area contributed by atoms with E-state index < -0.39 is 0 Å². The van der Waals surface area contributed by atoms with Crippen LogP contribution < -0.4 is 0 Å². The number of hydrogen-bond donors (Lipinski definition) is 0. The summed E-state index contributed by atoms with van der Waals surface area (Å²) in [5, 5.41) is 8.36. The van der Waals surface area contributed by atoms with E-state index in [1.54, 1.807) is 17.2 Å². The molecule has 0 saturated carbocycles. The Kier molecular flexibility index (Phi) is 2.48. The number of aromatic nitrogens is 3. The lowest BCUT2D eigenvalue weighted by atomic mass is 9.96. The molecule has 1 aromatic heterocycles. The lowest BCUT2D eigenvalue weighted by Crippen LogP contribution is -2.07. The quantitative estimate of drug-likeness (QED) is 0.716. The van der Waals surface area contributed by atoms with Gasteiger partial charge in [0.05, 0.1) is 18.1 Å². The van der Waals surface area contributed by atoms with E-state index in [1.165, 1.54) is 16.8 Å². The molecule has 14 heavy (non-hydrogen) atoms. The number of hydrogen-bond acceptors (Lipinski definition) is 2. The van der Waals surface area contributed by atoms with Crippen molar-refractivity contribution in [1.29, 1.82) is 0 Å². The van der Waals surface area contributed by atoms with Gasteiger partial charge in [0.15, 0.2) is 0 Å². The van der Waals surface area contributed by atoms with E-state index >= 15 is 0 Å². The molecular weight excluding hydrogens is 174 g/mol. The molecule has 1 heterocycles. The molecular formula is C11H15N3. The van der Waals surface area contributed by atoms with E-state index in [9.17, 15) is 0 Å². The first-order chi connectivity index (χ1) is 6.81. The summed E-state index contributed by atoms with van der Waals surface area (Å²) in [5.41, 5.74) is 4.07.